The fraction of sp³-hybridized carbons (Fsp3) is 0.350. The predicted octanol–water partition coefficient (Wildman–Crippen LogP) is 3.45. The molecule has 1 aromatic heterocycles. The van der Waals surface area contributed by atoms with Crippen LogP contribution in [0.2, 0.25) is 0 Å². The van der Waals surface area contributed by atoms with E-state index in [0.29, 0.717) is 12.4 Å². The minimum atomic E-state index is -0.446. The van der Waals surface area contributed by atoms with Crippen LogP contribution in [-0.4, -0.2) is 41.5 Å². The van der Waals surface area contributed by atoms with Gasteiger partial charge in [-0.2, -0.15) is 0 Å². The van der Waals surface area contributed by atoms with Crippen molar-refractivity contribution in [2.75, 3.05) is 13.7 Å². The summed E-state index contributed by atoms with van der Waals surface area (Å²) in [5.74, 6) is 0.00308. The van der Waals surface area contributed by atoms with Gasteiger partial charge >= 0.3 is 5.97 Å². The average Bonchev–Trinajstić information content (AvgIpc) is 3.07. The third-order valence-electron chi connectivity index (χ3n) is 3.76. The van der Waals surface area contributed by atoms with Crippen LogP contribution in [-0.2, 0) is 20.9 Å². The van der Waals surface area contributed by atoms with Crippen molar-refractivity contribution in [3.63, 3.8) is 0 Å². The first-order chi connectivity index (χ1) is 12.9. The molecule has 7 heteroatoms. The van der Waals surface area contributed by atoms with Crippen molar-refractivity contribution >= 4 is 29.3 Å². The van der Waals surface area contributed by atoms with E-state index in [1.807, 2.05) is 50.4 Å². The number of esters is 1. The highest BCUT2D eigenvalue weighted by atomic mass is 32.1. The Balaban J connectivity index is 2.00. The largest absolute Gasteiger partial charge is 0.487 e. The highest BCUT2D eigenvalue weighted by Crippen LogP contribution is 2.17. The molecule has 0 radical (unpaired) electrons. The minimum absolute atomic E-state index is 0.0758. The Morgan fingerprint density at radius 1 is 1.33 bits per heavy atom. The van der Waals surface area contributed by atoms with Crippen LogP contribution in [0, 0.1) is 6.92 Å². The van der Waals surface area contributed by atoms with E-state index in [1.54, 1.807) is 17.4 Å². The summed E-state index contributed by atoms with van der Waals surface area (Å²) in [7, 11) is 1.31. The number of carbonyl (C=O) groups is 2. The molecule has 0 aliphatic carbocycles. The highest BCUT2D eigenvalue weighted by Gasteiger charge is 2.18. The summed E-state index contributed by atoms with van der Waals surface area (Å²) in [6.45, 7) is 5.98. The molecule has 0 N–H and O–H groups in total. The lowest BCUT2D eigenvalue weighted by Crippen LogP contribution is -2.40. The number of hydrogen-bond donors (Lipinski definition) is 0. The van der Waals surface area contributed by atoms with Crippen molar-refractivity contribution in [1.29, 1.82) is 0 Å². The maximum Gasteiger partial charge on any atom is 0.325 e. The monoisotopic (exact) mass is 388 g/mol. The average molecular weight is 388 g/mol. The number of ether oxygens (including phenoxy) is 2. The SMILES string of the molecule is COC(=O)CN(C(=O)/C=C/c1cccc(OCc2csc(C)n2)c1)C(C)C. The van der Waals surface area contributed by atoms with Crippen molar-refractivity contribution in [3.8, 4) is 5.75 Å². The van der Waals surface area contributed by atoms with Gasteiger partial charge in [0.15, 0.2) is 0 Å². The maximum atomic E-state index is 12.4. The first-order valence-electron chi connectivity index (χ1n) is 8.58. The molecule has 0 saturated heterocycles. The second-order valence-electron chi connectivity index (χ2n) is 6.19. The number of amides is 1. The van der Waals surface area contributed by atoms with Crippen LogP contribution in [0.4, 0.5) is 0 Å². The number of methoxy groups -OCH3 is 1. The molecule has 0 aliphatic heterocycles. The number of thiazole rings is 1. The minimum Gasteiger partial charge on any atom is -0.487 e. The number of benzene rings is 1. The van der Waals surface area contributed by atoms with E-state index in [4.69, 9.17) is 4.74 Å². The molecule has 2 rings (SSSR count). The highest BCUT2D eigenvalue weighted by molar-refractivity contribution is 7.09. The van der Waals surface area contributed by atoms with Crippen LogP contribution in [0.25, 0.3) is 6.08 Å². The summed E-state index contributed by atoms with van der Waals surface area (Å²) in [6.07, 6.45) is 3.15. The molecule has 0 unspecified atom stereocenters. The van der Waals surface area contributed by atoms with Crippen LogP contribution in [0.15, 0.2) is 35.7 Å². The Bertz CT molecular complexity index is 814. The summed E-state index contributed by atoms with van der Waals surface area (Å²) < 4.78 is 10.4. The molecule has 2 aromatic rings. The quantitative estimate of drug-likeness (QED) is 0.512. The normalized spacial score (nSPS) is 11.0. The second kappa shape index (κ2) is 9.87. The Hall–Kier alpha value is -2.67. The number of rotatable bonds is 8. The molecule has 0 aliphatic rings. The second-order valence-corrected chi connectivity index (χ2v) is 7.25. The van der Waals surface area contributed by atoms with Gasteiger partial charge in [0.05, 0.1) is 17.8 Å². The van der Waals surface area contributed by atoms with E-state index in [1.165, 1.54) is 18.1 Å². The van der Waals surface area contributed by atoms with Crippen LogP contribution in [0.5, 0.6) is 5.75 Å². The zero-order valence-corrected chi connectivity index (χ0v) is 16.8. The molecular formula is C20H24N2O4S. The number of aryl methyl sites for hydroxylation is 1. The lowest BCUT2D eigenvalue weighted by molar-refractivity contribution is -0.146. The predicted molar refractivity (Wildman–Crippen MR) is 106 cm³/mol. The van der Waals surface area contributed by atoms with Gasteiger partial charge in [0, 0.05) is 17.5 Å². The van der Waals surface area contributed by atoms with Gasteiger partial charge in [-0.3, -0.25) is 9.59 Å². The lowest BCUT2D eigenvalue weighted by Gasteiger charge is -2.24. The van der Waals surface area contributed by atoms with E-state index in [9.17, 15) is 9.59 Å². The van der Waals surface area contributed by atoms with E-state index < -0.39 is 5.97 Å². The van der Waals surface area contributed by atoms with Crippen LogP contribution in [0.1, 0.15) is 30.1 Å². The van der Waals surface area contributed by atoms with Crippen molar-refractivity contribution in [2.45, 2.75) is 33.4 Å². The smallest absolute Gasteiger partial charge is 0.325 e. The van der Waals surface area contributed by atoms with Crippen molar-refractivity contribution < 1.29 is 19.1 Å². The number of carbonyl (C=O) groups excluding carboxylic acids is 2. The molecule has 0 atom stereocenters. The molecular weight excluding hydrogens is 364 g/mol. The summed E-state index contributed by atoms with van der Waals surface area (Å²) in [5.41, 5.74) is 1.72. The van der Waals surface area contributed by atoms with Gasteiger partial charge in [0.2, 0.25) is 5.91 Å². The number of aromatic nitrogens is 1. The molecule has 0 spiro atoms. The molecule has 1 amide bonds. The van der Waals surface area contributed by atoms with Gasteiger partial charge in [-0.15, -0.1) is 11.3 Å². The van der Waals surface area contributed by atoms with Crippen LogP contribution < -0.4 is 4.74 Å². The van der Waals surface area contributed by atoms with Gasteiger partial charge in [-0.1, -0.05) is 12.1 Å². The zero-order valence-electron chi connectivity index (χ0n) is 16.0. The molecule has 1 heterocycles. The molecule has 144 valence electrons. The third kappa shape index (κ3) is 6.53. The fourth-order valence-corrected chi connectivity index (χ4v) is 2.92. The maximum absolute atomic E-state index is 12.4. The molecule has 0 fully saturated rings. The molecule has 1 aromatic carbocycles. The van der Waals surface area contributed by atoms with E-state index >= 15 is 0 Å². The van der Waals surface area contributed by atoms with Gasteiger partial charge in [0.25, 0.3) is 0 Å². The van der Waals surface area contributed by atoms with Crippen LogP contribution in [0.3, 0.4) is 0 Å². The molecule has 27 heavy (non-hydrogen) atoms. The van der Waals surface area contributed by atoms with Gasteiger partial charge in [-0.05, 0) is 44.5 Å². The fourth-order valence-electron chi connectivity index (χ4n) is 2.32. The van der Waals surface area contributed by atoms with Crippen molar-refractivity contribution in [3.05, 3.63) is 52.0 Å². The Morgan fingerprint density at radius 3 is 2.74 bits per heavy atom. The van der Waals surface area contributed by atoms with Gasteiger partial charge in [-0.25, -0.2) is 4.98 Å². The summed E-state index contributed by atoms with van der Waals surface area (Å²) in [5, 5.41) is 2.98. The standard InChI is InChI=1S/C20H24N2O4S/c1-14(2)22(11-20(24)25-4)19(23)9-8-16-6-5-7-18(10-16)26-12-17-13-27-15(3)21-17/h5-10,13-14H,11-12H2,1-4H3/b9-8+. The first-order valence-corrected chi connectivity index (χ1v) is 9.46. The Kier molecular flexibility index (Phi) is 7.55. The van der Waals surface area contributed by atoms with Gasteiger partial charge < -0.3 is 14.4 Å². The summed E-state index contributed by atoms with van der Waals surface area (Å²) in [4.78, 5) is 29.7. The number of nitrogens with zero attached hydrogens (tertiary/aromatic N) is 2. The molecule has 6 nitrogen and oxygen atoms in total. The Morgan fingerprint density at radius 2 is 2.11 bits per heavy atom. The lowest BCUT2D eigenvalue weighted by atomic mass is 10.2. The van der Waals surface area contributed by atoms with Crippen LogP contribution >= 0.6 is 11.3 Å². The van der Waals surface area contributed by atoms with Gasteiger partial charge in [0.1, 0.15) is 18.9 Å². The topological polar surface area (TPSA) is 68.7 Å². The van der Waals surface area contributed by atoms with Crippen molar-refractivity contribution in [1.82, 2.24) is 9.88 Å². The molecule has 0 saturated carbocycles. The van der Waals surface area contributed by atoms with E-state index in [0.717, 1.165) is 16.3 Å². The van der Waals surface area contributed by atoms with E-state index in [-0.39, 0.29) is 18.5 Å². The summed E-state index contributed by atoms with van der Waals surface area (Å²) in [6, 6.07) is 7.33. The summed E-state index contributed by atoms with van der Waals surface area (Å²) >= 11 is 1.59. The van der Waals surface area contributed by atoms with E-state index in [2.05, 4.69) is 9.72 Å². The number of hydrogen-bond acceptors (Lipinski definition) is 6. The molecule has 0 bridgehead atoms. The van der Waals surface area contributed by atoms with Crippen molar-refractivity contribution in [2.24, 2.45) is 0 Å². The zero-order chi connectivity index (χ0) is 19.8. The first kappa shape index (κ1) is 20.6. The third-order valence-corrected chi connectivity index (χ3v) is 4.59. The Labute approximate surface area is 163 Å².